The van der Waals surface area contributed by atoms with E-state index in [1.807, 2.05) is 18.2 Å². The molecule has 1 aromatic carbocycles. The van der Waals surface area contributed by atoms with Gasteiger partial charge in [-0.25, -0.2) is 0 Å². The van der Waals surface area contributed by atoms with Crippen molar-refractivity contribution in [3.05, 3.63) is 29.8 Å². The number of nitrogens with one attached hydrogen (secondary N) is 2. The Morgan fingerprint density at radius 2 is 2.08 bits per heavy atom. The molecule has 0 saturated heterocycles. The fourth-order valence-corrected chi connectivity index (χ4v) is 6.32. The monoisotopic (exact) mass is 390 g/mol. The molecule has 0 radical (unpaired) electrons. The molecule has 4 aliphatic carbocycles. The first-order valence-electron chi connectivity index (χ1n) is 9.40. The molecule has 2 unspecified atom stereocenters. The number of amides is 1. The van der Waals surface area contributed by atoms with Crippen LogP contribution in [0.25, 0.3) is 0 Å². The van der Waals surface area contributed by atoms with E-state index >= 15 is 0 Å². The van der Waals surface area contributed by atoms with E-state index in [0.717, 1.165) is 34.8 Å². The van der Waals surface area contributed by atoms with Crippen molar-refractivity contribution in [2.75, 3.05) is 13.7 Å². The van der Waals surface area contributed by atoms with Crippen molar-refractivity contribution in [3.8, 4) is 5.75 Å². The lowest BCUT2D eigenvalue weighted by atomic mass is 9.76. The van der Waals surface area contributed by atoms with Crippen molar-refractivity contribution in [3.63, 3.8) is 0 Å². The Bertz CT molecular complexity index is 689. The molecule has 2 atom stereocenters. The highest BCUT2D eigenvalue weighted by Gasteiger charge is 2.56. The van der Waals surface area contributed by atoms with Crippen molar-refractivity contribution in [1.29, 1.82) is 0 Å². The summed E-state index contributed by atoms with van der Waals surface area (Å²) in [6.45, 7) is 0.270. The zero-order valence-electron chi connectivity index (χ0n) is 15.1. The van der Waals surface area contributed by atoms with Gasteiger partial charge in [0.15, 0.2) is 0 Å². The molecule has 0 spiro atoms. The largest absolute Gasteiger partial charge is 0.497 e. The summed E-state index contributed by atoms with van der Waals surface area (Å²) in [6, 6.07) is 7.96. The Kier molecular flexibility index (Phi) is 5.15. The number of thiocarbonyl (C=S) groups is 1. The van der Waals surface area contributed by atoms with Gasteiger partial charge in [-0.3, -0.25) is 4.79 Å². The summed E-state index contributed by atoms with van der Waals surface area (Å²) < 4.78 is 5.90. The molecule has 0 heterocycles. The number of hydrogen-bond donors (Lipinski definition) is 2. The predicted molar refractivity (Wildman–Crippen MR) is 109 cm³/mol. The number of hydrogen-bond acceptors (Lipinski definition) is 4. The van der Waals surface area contributed by atoms with Crippen LogP contribution >= 0.6 is 24.0 Å². The van der Waals surface area contributed by atoms with E-state index in [0.29, 0.717) is 4.32 Å². The van der Waals surface area contributed by atoms with E-state index in [4.69, 9.17) is 17.0 Å². The molecule has 4 fully saturated rings. The molecule has 1 aromatic rings. The maximum atomic E-state index is 12.4. The molecule has 6 heteroatoms. The lowest BCUT2D eigenvalue weighted by Crippen LogP contribution is -2.52. The third-order valence-electron chi connectivity index (χ3n) is 6.23. The van der Waals surface area contributed by atoms with Crippen LogP contribution in [0.4, 0.5) is 0 Å². The smallest absolute Gasteiger partial charge is 0.239 e. The van der Waals surface area contributed by atoms with E-state index in [1.165, 1.54) is 32.1 Å². The zero-order chi connectivity index (χ0) is 18.1. The number of thioether (sulfide) groups is 1. The number of carbonyl (C=O) groups is 1. The fourth-order valence-electron chi connectivity index (χ4n) is 5.42. The number of methoxy groups -OCH3 is 1. The highest BCUT2D eigenvalue weighted by atomic mass is 32.2. The van der Waals surface area contributed by atoms with E-state index in [2.05, 4.69) is 16.7 Å². The van der Waals surface area contributed by atoms with Crippen LogP contribution < -0.4 is 15.4 Å². The van der Waals surface area contributed by atoms with Crippen molar-refractivity contribution in [1.82, 2.24) is 10.6 Å². The molecular formula is C20H26N2O2S2. The minimum atomic E-state index is 0.0799. The third kappa shape index (κ3) is 3.86. The van der Waals surface area contributed by atoms with Gasteiger partial charge < -0.3 is 15.4 Å². The van der Waals surface area contributed by atoms with Gasteiger partial charge in [-0.05, 0) is 67.6 Å². The zero-order valence-corrected chi connectivity index (χ0v) is 16.8. The highest BCUT2D eigenvalue weighted by molar-refractivity contribution is 8.22. The van der Waals surface area contributed by atoms with Gasteiger partial charge in [-0.2, -0.15) is 0 Å². The molecule has 4 bridgehead atoms. The first-order chi connectivity index (χ1) is 12.5. The second-order valence-corrected chi connectivity index (χ2v) is 9.73. The number of rotatable bonds is 6. The molecule has 2 N–H and O–H groups in total. The van der Waals surface area contributed by atoms with Crippen molar-refractivity contribution >= 4 is 34.2 Å². The normalized spacial score (nSPS) is 31.0. The molecule has 26 heavy (non-hydrogen) atoms. The molecule has 4 saturated carbocycles. The van der Waals surface area contributed by atoms with E-state index < -0.39 is 0 Å². The molecule has 0 aliphatic heterocycles. The number of benzene rings is 1. The van der Waals surface area contributed by atoms with Crippen LogP contribution in [0.2, 0.25) is 0 Å². The molecule has 140 valence electrons. The van der Waals surface area contributed by atoms with Crippen LogP contribution in [0.1, 0.15) is 37.7 Å². The Morgan fingerprint density at radius 3 is 2.77 bits per heavy atom. The number of ether oxygens (including phenoxy) is 1. The maximum Gasteiger partial charge on any atom is 0.239 e. The Morgan fingerprint density at radius 1 is 1.31 bits per heavy atom. The van der Waals surface area contributed by atoms with E-state index in [1.54, 1.807) is 18.9 Å². The first kappa shape index (κ1) is 18.1. The molecule has 0 aromatic heterocycles. The van der Waals surface area contributed by atoms with Gasteiger partial charge in [0.25, 0.3) is 0 Å². The summed E-state index contributed by atoms with van der Waals surface area (Å²) >= 11 is 6.91. The van der Waals surface area contributed by atoms with Crippen molar-refractivity contribution in [2.24, 2.45) is 17.8 Å². The second kappa shape index (κ2) is 7.39. The fraction of sp³-hybridized carbons (Fsp3) is 0.600. The summed E-state index contributed by atoms with van der Waals surface area (Å²) in [5, 5.41) is 6.44. The standard InChI is InChI=1S/C20H26N2O2S2/c1-24-17-4-2-3-13(7-17)12-26-19(25)21-11-18(23)22-20-8-14-5-15(9-20)16(6-14)10-20/h2-4,7,14-16H,5-6,8-12H2,1H3,(H,21,25)(H,22,23). The number of carbonyl (C=O) groups excluding carboxylic acids is 1. The lowest BCUT2D eigenvalue weighted by molar-refractivity contribution is -0.122. The summed E-state index contributed by atoms with van der Waals surface area (Å²) in [6.07, 6.45) is 6.35. The molecule has 1 amide bonds. The van der Waals surface area contributed by atoms with Crippen LogP contribution in [0.5, 0.6) is 5.75 Å². The van der Waals surface area contributed by atoms with Crippen molar-refractivity contribution < 1.29 is 9.53 Å². The maximum absolute atomic E-state index is 12.4. The summed E-state index contributed by atoms with van der Waals surface area (Å²) in [4.78, 5) is 12.4. The molecular weight excluding hydrogens is 364 g/mol. The van der Waals surface area contributed by atoms with Crippen LogP contribution in [-0.2, 0) is 10.5 Å². The lowest BCUT2D eigenvalue weighted by Gasteiger charge is -2.39. The van der Waals surface area contributed by atoms with Gasteiger partial charge in [-0.15, -0.1) is 0 Å². The summed E-state index contributed by atoms with van der Waals surface area (Å²) in [5.41, 5.74) is 1.24. The Hall–Kier alpha value is -1.27. The summed E-state index contributed by atoms with van der Waals surface area (Å²) in [7, 11) is 1.67. The molecule has 4 nitrogen and oxygen atoms in total. The third-order valence-corrected chi connectivity index (χ3v) is 7.61. The van der Waals surface area contributed by atoms with Gasteiger partial charge in [0.05, 0.1) is 13.7 Å². The summed E-state index contributed by atoms with van der Waals surface area (Å²) in [5.74, 6) is 4.26. The van der Waals surface area contributed by atoms with Gasteiger partial charge in [0, 0.05) is 11.3 Å². The van der Waals surface area contributed by atoms with Crippen molar-refractivity contribution in [2.45, 2.75) is 43.4 Å². The topological polar surface area (TPSA) is 50.4 Å². The minimum absolute atomic E-state index is 0.0799. The van der Waals surface area contributed by atoms with E-state index in [-0.39, 0.29) is 18.0 Å². The van der Waals surface area contributed by atoms with E-state index in [9.17, 15) is 4.79 Å². The van der Waals surface area contributed by atoms with Gasteiger partial charge in [0.1, 0.15) is 10.1 Å². The highest BCUT2D eigenvalue weighted by Crippen LogP contribution is 2.59. The Balaban J connectivity index is 1.20. The first-order valence-corrected chi connectivity index (χ1v) is 10.8. The average molecular weight is 391 g/mol. The van der Waals surface area contributed by atoms with Gasteiger partial charge in [-0.1, -0.05) is 36.1 Å². The molecule has 5 rings (SSSR count). The minimum Gasteiger partial charge on any atom is -0.497 e. The molecule has 4 aliphatic rings. The Labute approximate surface area is 164 Å². The SMILES string of the molecule is COc1cccc(CSC(=S)NCC(=O)NC23CC4CC(C2)C(C4)C3)c1. The predicted octanol–water partition coefficient (Wildman–Crippen LogP) is 3.50. The van der Waals surface area contributed by atoms with Crippen LogP contribution in [-0.4, -0.2) is 29.4 Å². The second-order valence-electron chi connectivity index (χ2n) is 8.08. The quantitative estimate of drug-likeness (QED) is 0.728. The van der Waals surface area contributed by atoms with Gasteiger partial charge in [0.2, 0.25) is 5.91 Å². The van der Waals surface area contributed by atoms with Gasteiger partial charge >= 0.3 is 0 Å². The van der Waals surface area contributed by atoms with Crippen LogP contribution in [0.3, 0.4) is 0 Å². The van der Waals surface area contributed by atoms with Crippen LogP contribution in [0.15, 0.2) is 24.3 Å². The van der Waals surface area contributed by atoms with Crippen LogP contribution in [0, 0.1) is 17.8 Å². The average Bonchev–Trinajstić information content (AvgIpc) is 3.04.